The van der Waals surface area contributed by atoms with Crippen LogP contribution in [-0.4, -0.2) is 38.8 Å². The number of carbonyl (C=O) groups excluding carboxylic acids is 1. The normalized spacial score (nSPS) is 10.8. The van der Waals surface area contributed by atoms with Gasteiger partial charge in [-0.1, -0.05) is 12.1 Å². The van der Waals surface area contributed by atoms with Gasteiger partial charge in [0.1, 0.15) is 0 Å². The molecule has 0 unspecified atom stereocenters. The van der Waals surface area contributed by atoms with Gasteiger partial charge in [0.15, 0.2) is 11.5 Å². The second kappa shape index (κ2) is 8.25. The van der Waals surface area contributed by atoms with E-state index in [-0.39, 0.29) is 12.3 Å². The molecular weight excluding hydrogens is 356 g/mol. The van der Waals surface area contributed by atoms with Crippen LogP contribution in [0, 0.1) is 6.92 Å². The Morgan fingerprint density at radius 2 is 1.82 bits per heavy atom. The second-order valence-electron chi connectivity index (χ2n) is 6.54. The number of nitrogens with one attached hydrogen (secondary N) is 1. The molecule has 0 radical (unpaired) electrons. The molecule has 0 aliphatic heterocycles. The smallest absolute Gasteiger partial charge is 0.231 e. The Hall–Kier alpha value is -3.15. The number of nitrogens with zero attached hydrogens (tertiary/aromatic N) is 1. The topological polar surface area (TPSA) is 63.8 Å². The number of H-pyrrole nitrogens is 1. The molecule has 0 aliphatic carbocycles. The molecular formula is C22H26N2O4. The minimum Gasteiger partial charge on any atom is -0.493 e. The molecule has 0 atom stereocenters. The van der Waals surface area contributed by atoms with E-state index in [1.165, 1.54) is 0 Å². The summed E-state index contributed by atoms with van der Waals surface area (Å²) in [5.41, 5.74) is 3.70. The summed E-state index contributed by atoms with van der Waals surface area (Å²) >= 11 is 0. The highest BCUT2D eigenvalue weighted by molar-refractivity contribution is 6.00. The number of aryl methyl sites for hydroxylation is 1. The van der Waals surface area contributed by atoms with Gasteiger partial charge < -0.3 is 24.1 Å². The minimum atomic E-state index is 0.0193. The van der Waals surface area contributed by atoms with Crippen molar-refractivity contribution in [2.45, 2.75) is 20.3 Å². The van der Waals surface area contributed by atoms with Gasteiger partial charge in [-0.05, 0) is 37.1 Å². The van der Waals surface area contributed by atoms with E-state index in [0.717, 1.165) is 27.7 Å². The first-order chi connectivity index (χ1) is 13.5. The standard InChI is InChI=1S/C22H26N2O4/c1-6-24(16-9-7-8-14(2)10-16)19(25)11-15-13-23-17-12-18(26-3)21(27-4)22(28-5)20(15)17/h7-10,12-13,23H,6,11H2,1-5H3. The van der Waals surface area contributed by atoms with Gasteiger partial charge in [-0.15, -0.1) is 0 Å². The van der Waals surface area contributed by atoms with Crippen molar-refractivity contribution in [3.63, 3.8) is 0 Å². The van der Waals surface area contributed by atoms with Gasteiger partial charge in [0.2, 0.25) is 11.7 Å². The minimum absolute atomic E-state index is 0.0193. The molecule has 2 aromatic carbocycles. The number of anilines is 1. The highest BCUT2D eigenvalue weighted by Gasteiger charge is 2.22. The molecule has 1 amide bonds. The molecule has 1 aromatic heterocycles. The van der Waals surface area contributed by atoms with Crippen LogP contribution in [0.3, 0.4) is 0 Å². The van der Waals surface area contributed by atoms with E-state index in [1.807, 2.05) is 50.4 Å². The molecule has 6 nitrogen and oxygen atoms in total. The van der Waals surface area contributed by atoms with Crippen molar-refractivity contribution in [3.8, 4) is 17.2 Å². The molecule has 148 valence electrons. The van der Waals surface area contributed by atoms with Crippen molar-refractivity contribution in [2.24, 2.45) is 0 Å². The lowest BCUT2D eigenvalue weighted by Gasteiger charge is -2.21. The van der Waals surface area contributed by atoms with Gasteiger partial charge in [-0.25, -0.2) is 0 Å². The average Bonchev–Trinajstić information content (AvgIpc) is 3.09. The summed E-state index contributed by atoms with van der Waals surface area (Å²) in [6, 6.07) is 9.81. The number of aromatic amines is 1. The molecule has 1 N–H and O–H groups in total. The third kappa shape index (κ3) is 3.50. The summed E-state index contributed by atoms with van der Waals surface area (Å²) in [6.07, 6.45) is 2.08. The van der Waals surface area contributed by atoms with Crippen LogP contribution in [0.2, 0.25) is 0 Å². The van der Waals surface area contributed by atoms with E-state index in [1.54, 1.807) is 26.2 Å². The monoisotopic (exact) mass is 382 g/mol. The summed E-state index contributed by atoms with van der Waals surface area (Å²) in [6.45, 7) is 4.59. The van der Waals surface area contributed by atoms with Crippen LogP contribution < -0.4 is 19.1 Å². The fourth-order valence-corrected chi connectivity index (χ4v) is 3.52. The van der Waals surface area contributed by atoms with E-state index in [0.29, 0.717) is 23.8 Å². The van der Waals surface area contributed by atoms with Crippen molar-refractivity contribution in [1.29, 1.82) is 0 Å². The number of ether oxygens (including phenoxy) is 3. The Bertz CT molecular complexity index is 994. The first kappa shape index (κ1) is 19.6. The molecule has 0 bridgehead atoms. The number of amides is 1. The maximum atomic E-state index is 13.1. The lowest BCUT2D eigenvalue weighted by atomic mass is 10.1. The van der Waals surface area contributed by atoms with Crippen molar-refractivity contribution in [2.75, 3.05) is 32.8 Å². The zero-order valence-corrected chi connectivity index (χ0v) is 17.0. The van der Waals surface area contributed by atoms with E-state index in [9.17, 15) is 4.79 Å². The van der Waals surface area contributed by atoms with Gasteiger partial charge in [0, 0.05) is 29.9 Å². The Morgan fingerprint density at radius 1 is 1.07 bits per heavy atom. The Balaban J connectivity index is 2.01. The van der Waals surface area contributed by atoms with E-state index in [2.05, 4.69) is 4.98 Å². The predicted octanol–water partition coefficient (Wildman–Crippen LogP) is 4.10. The molecule has 28 heavy (non-hydrogen) atoms. The van der Waals surface area contributed by atoms with Crippen LogP contribution in [0.25, 0.3) is 10.9 Å². The molecule has 1 heterocycles. The van der Waals surface area contributed by atoms with Gasteiger partial charge in [0.25, 0.3) is 0 Å². The summed E-state index contributed by atoms with van der Waals surface area (Å²) in [5.74, 6) is 1.66. The number of methoxy groups -OCH3 is 3. The molecule has 0 saturated carbocycles. The lowest BCUT2D eigenvalue weighted by molar-refractivity contribution is -0.117. The number of hydrogen-bond donors (Lipinski definition) is 1. The van der Waals surface area contributed by atoms with Crippen molar-refractivity contribution < 1.29 is 19.0 Å². The maximum Gasteiger partial charge on any atom is 0.231 e. The molecule has 0 fully saturated rings. The Morgan fingerprint density at radius 3 is 2.43 bits per heavy atom. The van der Waals surface area contributed by atoms with E-state index in [4.69, 9.17) is 14.2 Å². The highest BCUT2D eigenvalue weighted by atomic mass is 16.5. The molecule has 0 spiro atoms. The van der Waals surface area contributed by atoms with Gasteiger partial charge in [-0.2, -0.15) is 0 Å². The van der Waals surface area contributed by atoms with Crippen LogP contribution in [0.4, 0.5) is 5.69 Å². The largest absolute Gasteiger partial charge is 0.493 e. The molecule has 3 rings (SSSR count). The van der Waals surface area contributed by atoms with Crippen LogP contribution in [0.5, 0.6) is 17.2 Å². The van der Waals surface area contributed by atoms with Crippen LogP contribution in [0.15, 0.2) is 36.5 Å². The fraction of sp³-hybridized carbons (Fsp3) is 0.318. The number of hydrogen-bond acceptors (Lipinski definition) is 4. The van der Waals surface area contributed by atoms with E-state index >= 15 is 0 Å². The summed E-state index contributed by atoms with van der Waals surface area (Å²) < 4.78 is 16.5. The maximum absolute atomic E-state index is 13.1. The highest BCUT2D eigenvalue weighted by Crippen LogP contribution is 2.44. The van der Waals surface area contributed by atoms with Crippen LogP contribution in [-0.2, 0) is 11.2 Å². The Kier molecular flexibility index (Phi) is 5.78. The number of likely N-dealkylation sites (N-methyl/N-ethyl adjacent to an activating group) is 1. The first-order valence-electron chi connectivity index (χ1n) is 9.19. The molecule has 0 aliphatic rings. The number of carbonyl (C=O) groups is 1. The third-order valence-corrected chi connectivity index (χ3v) is 4.83. The van der Waals surface area contributed by atoms with Crippen molar-refractivity contribution in [3.05, 3.63) is 47.7 Å². The quantitative estimate of drug-likeness (QED) is 0.668. The average molecular weight is 382 g/mol. The molecule has 0 saturated heterocycles. The molecule has 3 aromatic rings. The fourth-order valence-electron chi connectivity index (χ4n) is 3.52. The number of aromatic nitrogens is 1. The predicted molar refractivity (Wildman–Crippen MR) is 111 cm³/mol. The zero-order valence-electron chi connectivity index (χ0n) is 17.0. The van der Waals surface area contributed by atoms with Crippen molar-refractivity contribution >= 4 is 22.5 Å². The SMILES string of the molecule is CCN(C(=O)Cc1c[nH]c2cc(OC)c(OC)c(OC)c12)c1cccc(C)c1. The summed E-state index contributed by atoms with van der Waals surface area (Å²) in [7, 11) is 4.73. The van der Waals surface area contributed by atoms with Gasteiger partial charge in [-0.3, -0.25) is 4.79 Å². The number of fused-ring (bicyclic) bond motifs is 1. The molecule has 6 heteroatoms. The lowest BCUT2D eigenvalue weighted by Crippen LogP contribution is -2.32. The number of rotatable bonds is 7. The second-order valence-corrected chi connectivity index (χ2v) is 6.54. The van der Waals surface area contributed by atoms with Crippen LogP contribution in [0.1, 0.15) is 18.1 Å². The van der Waals surface area contributed by atoms with Gasteiger partial charge >= 0.3 is 0 Å². The van der Waals surface area contributed by atoms with Gasteiger partial charge in [0.05, 0.1) is 33.3 Å². The third-order valence-electron chi connectivity index (χ3n) is 4.83. The summed E-state index contributed by atoms with van der Waals surface area (Å²) in [4.78, 5) is 18.1. The summed E-state index contributed by atoms with van der Waals surface area (Å²) in [5, 5.41) is 0.828. The zero-order chi connectivity index (χ0) is 20.3. The van der Waals surface area contributed by atoms with Crippen molar-refractivity contribution in [1.82, 2.24) is 4.98 Å². The first-order valence-corrected chi connectivity index (χ1v) is 9.19. The van der Waals surface area contributed by atoms with E-state index < -0.39 is 0 Å². The Labute approximate surface area is 165 Å². The van der Waals surface area contributed by atoms with Crippen LogP contribution >= 0.6 is 0 Å². The number of benzene rings is 2.